The molecule has 2 aromatic carbocycles. The number of nitrogens with two attached hydrogens (primary N) is 2. The number of unbranched alkanes of at least 4 members (excludes halogenated alkanes) is 1. The van der Waals surface area contributed by atoms with Crippen molar-refractivity contribution in [2.75, 3.05) is 0 Å². The SMILES string of the molecule is NC(=O)Cn1c(CCCCc2nc3ccccc3n2CC(N)=O)nc2ccccc21. The Kier molecular flexibility index (Phi) is 5.47. The van der Waals surface area contributed by atoms with Gasteiger partial charge in [-0.1, -0.05) is 24.3 Å². The third-order valence-corrected chi connectivity index (χ3v) is 5.15. The Morgan fingerprint density at radius 3 is 1.50 bits per heavy atom. The molecule has 8 nitrogen and oxygen atoms in total. The summed E-state index contributed by atoms with van der Waals surface area (Å²) in [5.74, 6) is 0.917. The van der Waals surface area contributed by atoms with E-state index in [-0.39, 0.29) is 24.9 Å². The minimum Gasteiger partial charge on any atom is -0.368 e. The van der Waals surface area contributed by atoms with Crippen LogP contribution in [0.25, 0.3) is 22.1 Å². The van der Waals surface area contributed by atoms with Crippen molar-refractivity contribution in [1.29, 1.82) is 0 Å². The van der Waals surface area contributed by atoms with Crippen molar-refractivity contribution in [3.63, 3.8) is 0 Å². The van der Waals surface area contributed by atoms with Crippen LogP contribution in [-0.2, 0) is 35.5 Å². The number of aromatic nitrogens is 4. The zero-order chi connectivity index (χ0) is 21.1. The van der Waals surface area contributed by atoms with Crippen LogP contribution in [0.4, 0.5) is 0 Å². The molecule has 154 valence electrons. The lowest BCUT2D eigenvalue weighted by Crippen LogP contribution is -2.20. The summed E-state index contributed by atoms with van der Waals surface area (Å²) in [7, 11) is 0. The van der Waals surface area contributed by atoms with Gasteiger partial charge in [0.15, 0.2) is 0 Å². The first-order chi connectivity index (χ1) is 14.5. The van der Waals surface area contributed by atoms with Gasteiger partial charge in [-0.25, -0.2) is 9.97 Å². The number of hydrogen-bond donors (Lipinski definition) is 2. The van der Waals surface area contributed by atoms with Crippen molar-refractivity contribution >= 4 is 33.9 Å². The molecule has 0 saturated carbocycles. The van der Waals surface area contributed by atoms with E-state index < -0.39 is 0 Å². The first kappa shape index (κ1) is 19.6. The molecule has 4 N–H and O–H groups in total. The van der Waals surface area contributed by atoms with Gasteiger partial charge in [0, 0.05) is 12.8 Å². The van der Waals surface area contributed by atoms with Crippen molar-refractivity contribution in [3.05, 3.63) is 60.2 Å². The summed E-state index contributed by atoms with van der Waals surface area (Å²) in [4.78, 5) is 32.4. The van der Waals surface area contributed by atoms with Gasteiger partial charge in [0.2, 0.25) is 11.8 Å². The number of imidazole rings is 2. The van der Waals surface area contributed by atoms with Gasteiger partial charge in [-0.05, 0) is 37.1 Å². The molecule has 0 fully saturated rings. The standard InChI is InChI=1S/C22H24N6O2/c23-19(29)13-27-17-9-3-1-7-15(17)25-21(27)11-5-6-12-22-26-16-8-2-4-10-18(16)28(22)14-20(24)30/h1-4,7-10H,5-6,11-14H2,(H2,23,29)(H2,24,30). The van der Waals surface area contributed by atoms with Crippen molar-refractivity contribution in [1.82, 2.24) is 19.1 Å². The van der Waals surface area contributed by atoms with E-state index >= 15 is 0 Å². The molecule has 0 aliphatic carbocycles. The van der Waals surface area contributed by atoms with Crippen molar-refractivity contribution < 1.29 is 9.59 Å². The van der Waals surface area contributed by atoms with Crippen molar-refractivity contribution in [2.45, 2.75) is 38.8 Å². The summed E-state index contributed by atoms with van der Waals surface area (Å²) in [6, 6.07) is 15.5. The maximum Gasteiger partial charge on any atom is 0.237 e. The van der Waals surface area contributed by atoms with Crippen molar-refractivity contribution in [2.24, 2.45) is 11.5 Å². The number of carbonyl (C=O) groups is 2. The van der Waals surface area contributed by atoms with Crippen LogP contribution < -0.4 is 11.5 Å². The molecule has 8 heteroatoms. The zero-order valence-electron chi connectivity index (χ0n) is 16.6. The molecular formula is C22H24N6O2. The van der Waals surface area contributed by atoms with Crippen LogP contribution in [0.2, 0.25) is 0 Å². The lowest BCUT2D eigenvalue weighted by Gasteiger charge is -2.08. The Bertz CT molecular complexity index is 1130. The van der Waals surface area contributed by atoms with E-state index in [4.69, 9.17) is 11.5 Å². The van der Waals surface area contributed by atoms with Crippen LogP contribution in [0, 0.1) is 0 Å². The van der Waals surface area contributed by atoms with E-state index in [2.05, 4.69) is 9.97 Å². The molecular weight excluding hydrogens is 380 g/mol. The minimum absolute atomic E-state index is 0.115. The number of nitrogens with zero attached hydrogens (tertiary/aromatic N) is 4. The molecule has 2 amide bonds. The maximum atomic E-state index is 11.5. The van der Waals surface area contributed by atoms with E-state index in [1.807, 2.05) is 57.7 Å². The summed E-state index contributed by atoms with van der Waals surface area (Å²) in [6.45, 7) is 0.231. The van der Waals surface area contributed by atoms with Crippen LogP contribution in [-0.4, -0.2) is 30.9 Å². The molecule has 0 aliphatic rings. The summed E-state index contributed by atoms with van der Waals surface area (Å²) in [5, 5.41) is 0. The smallest absolute Gasteiger partial charge is 0.237 e. The normalized spacial score (nSPS) is 11.3. The van der Waals surface area contributed by atoms with Gasteiger partial charge in [0.1, 0.15) is 24.7 Å². The molecule has 0 bridgehead atoms. The van der Waals surface area contributed by atoms with Crippen LogP contribution in [0.15, 0.2) is 48.5 Å². The number of aryl methyl sites for hydroxylation is 2. The fraction of sp³-hybridized carbons (Fsp3) is 0.273. The second kappa shape index (κ2) is 8.36. The highest BCUT2D eigenvalue weighted by molar-refractivity contribution is 5.81. The molecule has 30 heavy (non-hydrogen) atoms. The predicted molar refractivity (Wildman–Crippen MR) is 114 cm³/mol. The van der Waals surface area contributed by atoms with Gasteiger partial charge >= 0.3 is 0 Å². The highest BCUT2D eigenvalue weighted by atomic mass is 16.1. The van der Waals surface area contributed by atoms with Gasteiger partial charge in [0.25, 0.3) is 0 Å². The average Bonchev–Trinajstić information content (AvgIpc) is 3.23. The van der Waals surface area contributed by atoms with E-state index in [1.165, 1.54) is 0 Å². The zero-order valence-corrected chi connectivity index (χ0v) is 16.6. The van der Waals surface area contributed by atoms with Crippen LogP contribution >= 0.6 is 0 Å². The van der Waals surface area contributed by atoms with Gasteiger partial charge in [-0.3, -0.25) is 9.59 Å². The second-order valence-electron chi connectivity index (χ2n) is 7.35. The topological polar surface area (TPSA) is 122 Å². The second-order valence-corrected chi connectivity index (χ2v) is 7.35. The molecule has 2 heterocycles. The average molecular weight is 404 g/mol. The Balaban J connectivity index is 1.48. The molecule has 2 aromatic heterocycles. The quantitative estimate of drug-likeness (QED) is 0.414. The molecule has 0 saturated heterocycles. The number of fused-ring (bicyclic) bond motifs is 2. The molecule has 0 spiro atoms. The Morgan fingerprint density at radius 1 is 0.700 bits per heavy atom. The molecule has 0 aliphatic heterocycles. The fourth-order valence-corrected chi connectivity index (χ4v) is 3.86. The summed E-state index contributed by atoms with van der Waals surface area (Å²) < 4.78 is 3.78. The molecule has 4 rings (SSSR count). The van der Waals surface area contributed by atoms with E-state index in [0.717, 1.165) is 59.4 Å². The number of para-hydroxylation sites is 4. The highest BCUT2D eigenvalue weighted by Crippen LogP contribution is 2.20. The summed E-state index contributed by atoms with van der Waals surface area (Å²) in [5.41, 5.74) is 14.4. The molecule has 0 unspecified atom stereocenters. The van der Waals surface area contributed by atoms with Crippen LogP contribution in [0.3, 0.4) is 0 Å². The number of hydrogen-bond acceptors (Lipinski definition) is 4. The molecule has 0 atom stereocenters. The monoisotopic (exact) mass is 404 g/mol. The Labute approximate surface area is 173 Å². The molecule has 4 aromatic rings. The predicted octanol–water partition coefficient (Wildman–Crippen LogP) is 1.92. The third kappa shape index (κ3) is 4.03. The van der Waals surface area contributed by atoms with E-state index in [9.17, 15) is 9.59 Å². The lowest BCUT2D eigenvalue weighted by atomic mass is 10.2. The van der Waals surface area contributed by atoms with Gasteiger partial charge in [0.05, 0.1) is 22.1 Å². The minimum atomic E-state index is -0.389. The maximum absolute atomic E-state index is 11.5. The third-order valence-electron chi connectivity index (χ3n) is 5.15. The van der Waals surface area contributed by atoms with Crippen LogP contribution in [0.5, 0.6) is 0 Å². The number of carbonyl (C=O) groups excluding carboxylic acids is 2. The number of benzene rings is 2. The Morgan fingerprint density at radius 2 is 1.10 bits per heavy atom. The van der Waals surface area contributed by atoms with Crippen molar-refractivity contribution in [3.8, 4) is 0 Å². The summed E-state index contributed by atoms with van der Waals surface area (Å²) >= 11 is 0. The first-order valence-electron chi connectivity index (χ1n) is 9.98. The fourth-order valence-electron chi connectivity index (χ4n) is 3.86. The van der Waals surface area contributed by atoms with Gasteiger partial charge in [-0.2, -0.15) is 0 Å². The number of rotatable bonds is 9. The lowest BCUT2D eigenvalue weighted by molar-refractivity contribution is -0.119. The number of amides is 2. The Hall–Kier alpha value is -3.68. The van der Waals surface area contributed by atoms with E-state index in [1.54, 1.807) is 0 Å². The molecule has 0 radical (unpaired) electrons. The van der Waals surface area contributed by atoms with E-state index in [0.29, 0.717) is 0 Å². The summed E-state index contributed by atoms with van der Waals surface area (Å²) in [6.07, 6.45) is 3.17. The van der Waals surface area contributed by atoms with Crippen LogP contribution in [0.1, 0.15) is 24.5 Å². The van der Waals surface area contributed by atoms with Gasteiger partial charge in [-0.15, -0.1) is 0 Å². The highest BCUT2D eigenvalue weighted by Gasteiger charge is 2.14. The first-order valence-corrected chi connectivity index (χ1v) is 9.98. The van der Waals surface area contributed by atoms with Gasteiger partial charge < -0.3 is 20.6 Å². The largest absolute Gasteiger partial charge is 0.368 e. The number of primary amides is 2.